The van der Waals surface area contributed by atoms with Crippen molar-refractivity contribution in [1.82, 2.24) is 0 Å². The highest BCUT2D eigenvalue weighted by Crippen LogP contribution is 2.38. The first-order valence-corrected chi connectivity index (χ1v) is 9.55. The van der Waals surface area contributed by atoms with Crippen molar-refractivity contribution in [3.05, 3.63) is 11.6 Å². The van der Waals surface area contributed by atoms with Gasteiger partial charge in [0, 0.05) is 6.42 Å². The van der Waals surface area contributed by atoms with Crippen molar-refractivity contribution in [1.29, 1.82) is 0 Å². The molecule has 0 fully saturated rings. The van der Waals surface area contributed by atoms with E-state index in [1.807, 2.05) is 0 Å². The fraction of sp³-hybridized carbons (Fsp3) is 0.643. The van der Waals surface area contributed by atoms with E-state index in [2.05, 4.69) is 45.0 Å². The van der Waals surface area contributed by atoms with Gasteiger partial charge < -0.3 is 0 Å². The van der Waals surface area contributed by atoms with Gasteiger partial charge in [-0.15, -0.1) is 5.54 Å². The summed E-state index contributed by atoms with van der Waals surface area (Å²) in [5, 5.41) is 0. The van der Waals surface area contributed by atoms with Gasteiger partial charge >= 0.3 is 0 Å². The smallest absolute Gasteiger partial charge is 0.155 e. The number of carbonyl (C=O) groups is 1. The summed E-state index contributed by atoms with van der Waals surface area (Å²) < 4.78 is 0. The molecule has 0 aliphatic heterocycles. The number of rotatable bonds is 1. The molecule has 0 radical (unpaired) electrons. The Morgan fingerprint density at radius 1 is 1.44 bits per heavy atom. The van der Waals surface area contributed by atoms with E-state index < -0.39 is 8.07 Å². The maximum Gasteiger partial charge on any atom is 0.155 e. The van der Waals surface area contributed by atoms with Gasteiger partial charge in [-0.25, -0.2) is 0 Å². The average Bonchev–Trinajstić information content (AvgIpc) is 2.16. The zero-order valence-electron chi connectivity index (χ0n) is 11.1. The summed E-state index contributed by atoms with van der Waals surface area (Å²) in [5.74, 6) is 3.75. The molecule has 2 heteroatoms. The molecular formula is C14H22OSi. The summed E-state index contributed by atoms with van der Waals surface area (Å²) in [4.78, 5) is 11.4. The molecular weight excluding hydrogens is 212 g/mol. The third kappa shape index (κ3) is 3.09. The number of carbonyl (C=O) groups excluding carboxylic acids is 1. The summed E-state index contributed by atoms with van der Waals surface area (Å²) in [6, 6.07) is 0. The van der Waals surface area contributed by atoms with Crippen molar-refractivity contribution < 1.29 is 4.79 Å². The zero-order valence-corrected chi connectivity index (χ0v) is 12.1. The molecule has 88 valence electrons. The lowest BCUT2D eigenvalue weighted by atomic mass is 9.72. The van der Waals surface area contributed by atoms with Crippen LogP contribution in [0.25, 0.3) is 0 Å². The average molecular weight is 234 g/mol. The van der Waals surface area contributed by atoms with Crippen molar-refractivity contribution in [3.63, 3.8) is 0 Å². The molecule has 1 nitrogen and oxygen atoms in total. The Kier molecular flexibility index (Phi) is 3.80. The highest BCUT2D eigenvalue weighted by atomic mass is 28.3. The van der Waals surface area contributed by atoms with Gasteiger partial charge in [0.05, 0.1) is 5.41 Å². The van der Waals surface area contributed by atoms with Crippen LogP contribution in [0, 0.1) is 16.9 Å². The summed E-state index contributed by atoms with van der Waals surface area (Å²) in [5.41, 5.74) is 4.61. The van der Waals surface area contributed by atoms with Crippen molar-refractivity contribution in [2.24, 2.45) is 5.41 Å². The highest BCUT2D eigenvalue weighted by Gasteiger charge is 2.32. The molecule has 16 heavy (non-hydrogen) atoms. The Balaban J connectivity index is 3.07. The van der Waals surface area contributed by atoms with E-state index in [4.69, 9.17) is 0 Å². The molecule has 0 spiro atoms. The predicted octanol–water partition coefficient (Wildman–Crippen LogP) is 3.57. The molecule has 0 amide bonds. The lowest BCUT2D eigenvalue weighted by Crippen LogP contribution is -2.27. The minimum atomic E-state index is -1.32. The summed E-state index contributed by atoms with van der Waals surface area (Å²) in [7, 11) is -1.32. The van der Waals surface area contributed by atoms with E-state index >= 15 is 0 Å². The van der Waals surface area contributed by atoms with Gasteiger partial charge in [-0.05, 0) is 25.8 Å². The van der Waals surface area contributed by atoms with E-state index in [0.717, 1.165) is 18.4 Å². The predicted molar refractivity (Wildman–Crippen MR) is 71.8 cm³/mol. The van der Waals surface area contributed by atoms with Crippen molar-refractivity contribution >= 4 is 13.9 Å². The molecule has 0 saturated heterocycles. The molecule has 0 unspecified atom stereocenters. The lowest BCUT2D eigenvalue weighted by Gasteiger charge is -2.31. The number of hydrogen-bond donors (Lipinski definition) is 0. The van der Waals surface area contributed by atoms with Gasteiger partial charge in [0.1, 0.15) is 8.07 Å². The van der Waals surface area contributed by atoms with Crippen molar-refractivity contribution in [3.8, 4) is 11.5 Å². The maximum atomic E-state index is 11.4. The largest absolute Gasteiger partial charge is 0.295 e. The quantitative estimate of drug-likeness (QED) is 0.501. The van der Waals surface area contributed by atoms with Crippen LogP contribution in [-0.4, -0.2) is 13.9 Å². The van der Waals surface area contributed by atoms with Crippen LogP contribution < -0.4 is 0 Å². The second-order valence-corrected chi connectivity index (χ2v) is 10.5. The molecule has 0 aromatic carbocycles. The molecule has 0 aromatic rings. The van der Waals surface area contributed by atoms with Gasteiger partial charge in [0.2, 0.25) is 0 Å². The van der Waals surface area contributed by atoms with E-state index in [1.54, 1.807) is 6.08 Å². The molecule has 0 saturated carbocycles. The summed E-state index contributed by atoms with van der Waals surface area (Å²) in [6.07, 6.45) is 4.37. The Hall–Kier alpha value is -0.813. The fourth-order valence-corrected chi connectivity index (χ4v) is 2.61. The third-order valence-corrected chi connectivity index (χ3v) is 4.09. The van der Waals surface area contributed by atoms with Crippen LogP contribution in [0.3, 0.4) is 0 Å². The number of ketones is 1. The standard InChI is InChI=1S/C14H22OSi/c1-6-14(9-10-16(3,4)5)8-7-13(15)11-12(14)2/h11H,6-8H2,1-5H3/t14-/m0/s1. The van der Waals surface area contributed by atoms with Crippen LogP contribution in [0.4, 0.5) is 0 Å². The van der Waals surface area contributed by atoms with Crippen LogP contribution in [-0.2, 0) is 4.79 Å². The molecule has 1 aliphatic rings. The Morgan fingerprint density at radius 3 is 2.50 bits per heavy atom. The third-order valence-electron chi connectivity index (χ3n) is 3.21. The Morgan fingerprint density at radius 2 is 2.06 bits per heavy atom. The minimum Gasteiger partial charge on any atom is -0.295 e. The van der Waals surface area contributed by atoms with E-state index in [9.17, 15) is 4.79 Å². The second-order valence-electron chi connectivity index (χ2n) is 5.73. The van der Waals surface area contributed by atoms with Gasteiger partial charge in [-0.1, -0.05) is 38.1 Å². The van der Waals surface area contributed by atoms with Crippen LogP contribution in [0.1, 0.15) is 33.1 Å². The van der Waals surface area contributed by atoms with Gasteiger partial charge in [0.25, 0.3) is 0 Å². The van der Waals surface area contributed by atoms with Crippen molar-refractivity contribution in [2.75, 3.05) is 0 Å². The van der Waals surface area contributed by atoms with Gasteiger partial charge in [-0.2, -0.15) is 0 Å². The summed E-state index contributed by atoms with van der Waals surface area (Å²) >= 11 is 0. The van der Waals surface area contributed by atoms with Crippen molar-refractivity contribution in [2.45, 2.75) is 52.8 Å². The van der Waals surface area contributed by atoms with E-state index in [1.165, 1.54) is 0 Å². The number of hydrogen-bond acceptors (Lipinski definition) is 1. The van der Waals surface area contributed by atoms with E-state index in [0.29, 0.717) is 6.42 Å². The SMILES string of the molecule is CC[C@@]1(C#C[Si](C)(C)C)CCC(=O)C=C1C. The topological polar surface area (TPSA) is 17.1 Å². The van der Waals surface area contributed by atoms with E-state index in [-0.39, 0.29) is 11.2 Å². The summed E-state index contributed by atoms with van der Waals surface area (Å²) in [6.45, 7) is 11.0. The van der Waals surface area contributed by atoms with Crippen LogP contribution >= 0.6 is 0 Å². The van der Waals surface area contributed by atoms with Gasteiger partial charge in [-0.3, -0.25) is 4.79 Å². The van der Waals surface area contributed by atoms with Gasteiger partial charge in [0.15, 0.2) is 5.78 Å². The lowest BCUT2D eigenvalue weighted by molar-refractivity contribution is -0.115. The normalized spacial score (nSPS) is 25.8. The monoisotopic (exact) mass is 234 g/mol. The first-order chi connectivity index (χ1) is 7.29. The molecule has 1 rings (SSSR count). The molecule has 1 atom stereocenters. The number of allylic oxidation sites excluding steroid dienone is 2. The molecule has 1 aliphatic carbocycles. The molecule has 0 heterocycles. The zero-order chi connectivity index (χ0) is 12.4. The van der Waals surface area contributed by atoms with Crippen LogP contribution in [0.5, 0.6) is 0 Å². The molecule has 0 N–H and O–H groups in total. The van der Waals surface area contributed by atoms with Crippen LogP contribution in [0.15, 0.2) is 11.6 Å². The highest BCUT2D eigenvalue weighted by molar-refractivity contribution is 6.83. The molecule has 0 aromatic heterocycles. The molecule has 0 bridgehead atoms. The first kappa shape index (κ1) is 13.3. The minimum absolute atomic E-state index is 0.0197. The fourth-order valence-electron chi connectivity index (χ4n) is 2.00. The Bertz CT molecular complexity index is 376. The first-order valence-electron chi connectivity index (χ1n) is 6.05. The van der Waals surface area contributed by atoms with Crippen LogP contribution in [0.2, 0.25) is 19.6 Å². The Labute approximate surface area is 100 Å². The maximum absolute atomic E-state index is 11.4. The second kappa shape index (κ2) is 4.59.